The summed E-state index contributed by atoms with van der Waals surface area (Å²) in [6.45, 7) is 5.05. The number of rotatable bonds is 4. The highest BCUT2D eigenvalue weighted by Crippen LogP contribution is 2.13. The lowest BCUT2D eigenvalue weighted by Crippen LogP contribution is -2.03. The zero-order chi connectivity index (χ0) is 10.6. The average molecular weight is 194 g/mol. The molecule has 0 aliphatic heterocycles. The molecule has 1 aromatic heterocycles. The van der Waals surface area contributed by atoms with Crippen molar-refractivity contribution in [3.8, 4) is 0 Å². The van der Waals surface area contributed by atoms with E-state index in [1.165, 1.54) is 5.57 Å². The summed E-state index contributed by atoms with van der Waals surface area (Å²) in [5.41, 5.74) is 7.76. The Bertz CT molecular complexity index is 321. The molecule has 4 nitrogen and oxygen atoms in total. The molecule has 0 saturated heterocycles. The monoisotopic (exact) mass is 194 g/mol. The smallest absolute Gasteiger partial charge is 0.171 e. The van der Waals surface area contributed by atoms with Crippen molar-refractivity contribution in [1.82, 2.24) is 9.78 Å². The van der Waals surface area contributed by atoms with Gasteiger partial charge in [-0.05, 0) is 20.3 Å². The van der Waals surface area contributed by atoms with Crippen LogP contribution in [0, 0.1) is 0 Å². The molecule has 3 N–H and O–H groups in total. The van der Waals surface area contributed by atoms with Gasteiger partial charge in [0.1, 0.15) is 0 Å². The Morgan fingerprint density at radius 3 is 2.86 bits per heavy atom. The van der Waals surface area contributed by atoms with E-state index in [2.05, 4.69) is 30.3 Å². The van der Waals surface area contributed by atoms with Gasteiger partial charge in [-0.1, -0.05) is 11.6 Å². The van der Waals surface area contributed by atoms with Gasteiger partial charge >= 0.3 is 0 Å². The molecule has 4 heteroatoms. The van der Waals surface area contributed by atoms with Gasteiger partial charge in [-0.3, -0.25) is 4.68 Å². The highest BCUT2D eigenvalue weighted by Gasteiger charge is 2.01. The zero-order valence-corrected chi connectivity index (χ0v) is 9.04. The van der Waals surface area contributed by atoms with Crippen molar-refractivity contribution < 1.29 is 0 Å². The van der Waals surface area contributed by atoms with E-state index in [0.29, 0.717) is 5.69 Å². The van der Waals surface area contributed by atoms with Gasteiger partial charge in [0.25, 0.3) is 0 Å². The summed E-state index contributed by atoms with van der Waals surface area (Å²) in [6.07, 6.45) is 4.98. The number of nitrogen functional groups attached to an aromatic ring is 1. The lowest BCUT2D eigenvalue weighted by atomic mass is 10.3. The first-order chi connectivity index (χ1) is 6.59. The van der Waals surface area contributed by atoms with Gasteiger partial charge in [-0.25, -0.2) is 0 Å². The van der Waals surface area contributed by atoms with Crippen LogP contribution in [-0.4, -0.2) is 16.3 Å². The SMILES string of the molecule is CC(C)=CCCNc1nn(C)cc1N. The predicted octanol–water partition coefficient (Wildman–Crippen LogP) is 1.77. The van der Waals surface area contributed by atoms with E-state index in [0.717, 1.165) is 18.8 Å². The minimum atomic E-state index is 0.699. The van der Waals surface area contributed by atoms with Crippen molar-refractivity contribution >= 4 is 11.5 Å². The van der Waals surface area contributed by atoms with E-state index in [-0.39, 0.29) is 0 Å². The van der Waals surface area contributed by atoms with E-state index in [1.807, 2.05) is 7.05 Å². The Kier molecular flexibility index (Phi) is 3.56. The number of allylic oxidation sites excluding steroid dienone is 1. The normalized spacial score (nSPS) is 9.93. The van der Waals surface area contributed by atoms with E-state index in [9.17, 15) is 0 Å². The molecule has 1 aromatic rings. The Hall–Kier alpha value is -1.45. The van der Waals surface area contributed by atoms with Gasteiger partial charge in [0.2, 0.25) is 0 Å². The summed E-state index contributed by atoms with van der Waals surface area (Å²) >= 11 is 0. The van der Waals surface area contributed by atoms with Crippen LogP contribution < -0.4 is 11.1 Å². The fraction of sp³-hybridized carbons (Fsp3) is 0.500. The first-order valence-electron chi connectivity index (χ1n) is 4.76. The molecule has 0 spiro atoms. The van der Waals surface area contributed by atoms with Crippen LogP contribution in [0.5, 0.6) is 0 Å². The van der Waals surface area contributed by atoms with Crippen LogP contribution in [0.2, 0.25) is 0 Å². The highest BCUT2D eigenvalue weighted by molar-refractivity contribution is 5.59. The highest BCUT2D eigenvalue weighted by atomic mass is 15.3. The van der Waals surface area contributed by atoms with Crippen LogP contribution in [0.15, 0.2) is 17.8 Å². The third-order valence-corrected chi connectivity index (χ3v) is 1.85. The largest absolute Gasteiger partial charge is 0.394 e. The van der Waals surface area contributed by atoms with Crippen molar-refractivity contribution in [2.75, 3.05) is 17.6 Å². The van der Waals surface area contributed by atoms with Crippen molar-refractivity contribution in [3.05, 3.63) is 17.8 Å². The molecule has 14 heavy (non-hydrogen) atoms. The van der Waals surface area contributed by atoms with Crippen LogP contribution in [0.1, 0.15) is 20.3 Å². The second-order valence-corrected chi connectivity index (χ2v) is 3.60. The standard InChI is InChI=1S/C10H18N4/c1-8(2)5-4-6-12-10-9(11)7-14(3)13-10/h5,7H,4,6,11H2,1-3H3,(H,12,13). The third-order valence-electron chi connectivity index (χ3n) is 1.85. The molecule has 0 atom stereocenters. The Labute approximate surface area is 84.8 Å². The number of aryl methyl sites for hydroxylation is 1. The molecule has 0 amide bonds. The van der Waals surface area contributed by atoms with E-state index in [1.54, 1.807) is 10.9 Å². The lowest BCUT2D eigenvalue weighted by Gasteiger charge is -2.01. The van der Waals surface area contributed by atoms with Crippen molar-refractivity contribution in [2.45, 2.75) is 20.3 Å². The average Bonchev–Trinajstić information content (AvgIpc) is 2.39. The maximum Gasteiger partial charge on any atom is 0.171 e. The molecule has 1 heterocycles. The van der Waals surface area contributed by atoms with Crippen LogP contribution >= 0.6 is 0 Å². The van der Waals surface area contributed by atoms with E-state index < -0.39 is 0 Å². The molecule has 1 rings (SSSR count). The second-order valence-electron chi connectivity index (χ2n) is 3.60. The molecule has 0 fully saturated rings. The molecule has 0 aromatic carbocycles. The minimum absolute atomic E-state index is 0.699. The van der Waals surface area contributed by atoms with Crippen LogP contribution in [0.4, 0.5) is 11.5 Å². The summed E-state index contributed by atoms with van der Waals surface area (Å²) in [5, 5.41) is 7.37. The molecule has 0 aliphatic carbocycles. The molecule has 0 unspecified atom stereocenters. The number of hydrogen-bond donors (Lipinski definition) is 2. The summed E-state index contributed by atoms with van der Waals surface area (Å²) in [4.78, 5) is 0. The molecule has 0 bridgehead atoms. The van der Waals surface area contributed by atoms with Crippen LogP contribution in [-0.2, 0) is 7.05 Å². The number of aromatic nitrogens is 2. The molecule has 0 saturated carbocycles. The number of anilines is 2. The van der Waals surface area contributed by atoms with Crippen molar-refractivity contribution in [2.24, 2.45) is 7.05 Å². The fourth-order valence-corrected chi connectivity index (χ4v) is 1.20. The summed E-state index contributed by atoms with van der Waals surface area (Å²) in [5.74, 6) is 0.773. The summed E-state index contributed by atoms with van der Waals surface area (Å²) in [6, 6.07) is 0. The molecule has 78 valence electrons. The van der Waals surface area contributed by atoms with Crippen LogP contribution in [0.3, 0.4) is 0 Å². The second kappa shape index (κ2) is 4.69. The fourth-order valence-electron chi connectivity index (χ4n) is 1.20. The molecule has 0 aliphatic rings. The minimum Gasteiger partial charge on any atom is -0.394 e. The maximum atomic E-state index is 5.72. The third kappa shape index (κ3) is 3.12. The van der Waals surface area contributed by atoms with Gasteiger partial charge in [0.15, 0.2) is 5.82 Å². The first kappa shape index (κ1) is 10.6. The van der Waals surface area contributed by atoms with Gasteiger partial charge in [-0.15, -0.1) is 0 Å². The summed E-state index contributed by atoms with van der Waals surface area (Å²) in [7, 11) is 1.86. The van der Waals surface area contributed by atoms with Crippen molar-refractivity contribution in [3.63, 3.8) is 0 Å². The number of nitrogens with one attached hydrogen (secondary N) is 1. The summed E-state index contributed by atoms with van der Waals surface area (Å²) < 4.78 is 1.71. The Morgan fingerprint density at radius 1 is 1.64 bits per heavy atom. The zero-order valence-electron chi connectivity index (χ0n) is 9.04. The number of nitrogens with two attached hydrogens (primary N) is 1. The van der Waals surface area contributed by atoms with Crippen molar-refractivity contribution in [1.29, 1.82) is 0 Å². The molecule has 0 radical (unpaired) electrons. The van der Waals surface area contributed by atoms with Gasteiger partial charge in [-0.2, -0.15) is 5.10 Å². The number of nitrogens with zero attached hydrogens (tertiary/aromatic N) is 2. The molecular formula is C10H18N4. The predicted molar refractivity (Wildman–Crippen MR) is 60.2 cm³/mol. The van der Waals surface area contributed by atoms with Crippen LogP contribution in [0.25, 0.3) is 0 Å². The Balaban J connectivity index is 2.38. The Morgan fingerprint density at radius 2 is 2.36 bits per heavy atom. The lowest BCUT2D eigenvalue weighted by molar-refractivity contribution is 0.768. The van der Waals surface area contributed by atoms with Gasteiger partial charge in [0, 0.05) is 19.8 Å². The van der Waals surface area contributed by atoms with Gasteiger partial charge in [0.05, 0.1) is 5.69 Å². The quantitative estimate of drug-likeness (QED) is 0.567. The number of hydrogen-bond acceptors (Lipinski definition) is 3. The first-order valence-corrected chi connectivity index (χ1v) is 4.76. The maximum absolute atomic E-state index is 5.72. The van der Waals surface area contributed by atoms with E-state index in [4.69, 9.17) is 5.73 Å². The van der Waals surface area contributed by atoms with Gasteiger partial charge < -0.3 is 11.1 Å². The van der Waals surface area contributed by atoms with E-state index >= 15 is 0 Å². The topological polar surface area (TPSA) is 55.9 Å². The molecular weight excluding hydrogens is 176 g/mol.